The van der Waals surface area contributed by atoms with E-state index in [1.165, 1.54) is 12.1 Å². The fraction of sp³-hybridized carbons (Fsp3) is 0.577. The van der Waals surface area contributed by atoms with Crippen LogP contribution in [0.25, 0.3) is 5.69 Å². The molecule has 1 fully saturated rings. The van der Waals surface area contributed by atoms with Crippen LogP contribution in [0, 0.1) is 5.41 Å². The molecule has 2 aromatic rings. The number of fused-ring (bicyclic) bond motifs is 1. The number of nitrogens with zero attached hydrogens (tertiary/aromatic N) is 2. The Balaban J connectivity index is 1.63. The number of rotatable bonds is 8. The van der Waals surface area contributed by atoms with E-state index in [9.17, 15) is 27.9 Å². The molecule has 1 atom stereocenters. The van der Waals surface area contributed by atoms with E-state index >= 15 is 0 Å². The van der Waals surface area contributed by atoms with Crippen molar-refractivity contribution in [1.82, 2.24) is 9.78 Å². The number of nitrogens with one attached hydrogen (secondary N) is 1. The Morgan fingerprint density at radius 1 is 1.26 bits per heavy atom. The predicted octanol–water partition coefficient (Wildman–Crippen LogP) is 3.24. The molecule has 1 saturated carbocycles. The molecular formula is C26H33F3N4O5. The Kier molecular flexibility index (Phi) is 7.87. The van der Waals surface area contributed by atoms with Crippen molar-refractivity contribution in [3.05, 3.63) is 40.7 Å². The number of nitrogens with two attached hydrogens (primary N) is 1. The predicted molar refractivity (Wildman–Crippen MR) is 132 cm³/mol. The van der Waals surface area contributed by atoms with Crippen molar-refractivity contribution < 1.29 is 37.7 Å². The van der Waals surface area contributed by atoms with Crippen molar-refractivity contribution in [2.24, 2.45) is 11.1 Å². The average molecular weight is 539 g/mol. The molecule has 0 bridgehead atoms. The summed E-state index contributed by atoms with van der Waals surface area (Å²) in [5.41, 5.74) is 4.48. The Labute approximate surface area is 218 Å². The van der Waals surface area contributed by atoms with Crippen LogP contribution in [0.3, 0.4) is 0 Å². The molecule has 12 heteroatoms. The maximum atomic E-state index is 13.8. The second-order valence-corrected chi connectivity index (χ2v) is 10.9. The summed E-state index contributed by atoms with van der Waals surface area (Å²) in [6.07, 6.45) is -2.86. The molecule has 2 aliphatic carbocycles. The topological polar surface area (TPSA) is 140 Å². The molecule has 0 aliphatic heterocycles. The smallest absolute Gasteiger partial charge is 0.394 e. The van der Waals surface area contributed by atoms with E-state index in [-0.39, 0.29) is 55.1 Å². The van der Waals surface area contributed by atoms with Crippen molar-refractivity contribution in [2.75, 3.05) is 18.5 Å². The zero-order valence-corrected chi connectivity index (χ0v) is 21.3. The summed E-state index contributed by atoms with van der Waals surface area (Å²) in [7, 11) is 0. The number of halogens is 3. The third-order valence-electron chi connectivity index (χ3n) is 7.10. The number of amides is 1. The molecule has 2 aliphatic rings. The summed E-state index contributed by atoms with van der Waals surface area (Å²) < 4.78 is 48.3. The van der Waals surface area contributed by atoms with Gasteiger partial charge in [-0.25, -0.2) is 4.68 Å². The number of benzene rings is 1. The maximum Gasteiger partial charge on any atom is 0.435 e. The molecule has 0 spiro atoms. The molecule has 1 unspecified atom stereocenters. The summed E-state index contributed by atoms with van der Waals surface area (Å²) in [6, 6.07) is 4.41. The van der Waals surface area contributed by atoms with Crippen molar-refractivity contribution >= 4 is 17.4 Å². The van der Waals surface area contributed by atoms with Crippen molar-refractivity contribution in [2.45, 2.75) is 76.8 Å². The van der Waals surface area contributed by atoms with Crippen LogP contribution in [-0.2, 0) is 17.3 Å². The van der Waals surface area contributed by atoms with E-state index in [1.807, 2.05) is 13.8 Å². The van der Waals surface area contributed by atoms with Gasteiger partial charge in [0.1, 0.15) is 6.10 Å². The van der Waals surface area contributed by atoms with Gasteiger partial charge < -0.3 is 26.0 Å². The first-order valence-electron chi connectivity index (χ1n) is 12.6. The highest BCUT2D eigenvalue weighted by Gasteiger charge is 2.45. The van der Waals surface area contributed by atoms with E-state index in [2.05, 4.69) is 10.4 Å². The number of hydrogen-bond donors (Lipinski definition) is 4. The number of aliphatic hydroxyl groups is 2. The summed E-state index contributed by atoms with van der Waals surface area (Å²) in [6.45, 7) is 3.32. The molecule has 9 nitrogen and oxygen atoms in total. The summed E-state index contributed by atoms with van der Waals surface area (Å²) in [5.74, 6) is -1.28. The van der Waals surface area contributed by atoms with Gasteiger partial charge in [-0.2, -0.15) is 18.3 Å². The number of ether oxygens (including phenoxy) is 1. The van der Waals surface area contributed by atoms with Gasteiger partial charge in [0, 0.05) is 18.2 Å². The Morgan fingerprint density at radius 2 is 1.95 bits per heavy atom. The average Bonchev–Trinajstić information content (AvgIpc) is 3.22. The minimum Gasteiger partial charge on any atom is -0.394 e. The minimum absolute atomic E-state index is 0.00641. The third-order valence-corrected chi connectivity index (χ3v) is 7.10. The van der Waals surface area contributed by atoms with Gasteiger partial charge in [-0.05, 0) is 55.7 Å². The molecular weight excluding hydrogens is 505 g/mol. The van der Waals surface area contributed by atoms with Crippen molar-refractivity contribution in [3.8, 4) is 5.69 Å². The van der Waals surface area contributed by atoms with Gasteiger partial charge in [-0.3, -0.25) is 9.59 Å². The van der Waals surface area contributed by atoms with Crippen LogP contribution in [0.2, 0.25) is 0 Å². The van der Waals surface area contributed by atoms with Crippen LogP contribution < -0.4 is 11.1 Å². The molecule has 38 heavy (non-hydrogen) atoms. The van der Waals surface area contributed by atoms with E-state index < -0.39 is 40.6 Å². The number of alkyl halides is 3. The van der Waals surface area contributed by atoms with Gasteiger partial charge in [-0.15, -0.1) is 0 Å². The number of Topliss-reactive ketones (excluding diaryl/α,β-unsaturated/α-hetero) is 1. The zero-order valence-electron chi connectivity index (χ0n) is 21.3. The first-order valence-corrected chi connectivity index (χ1v) is 12.6. The Morgan fingerprint density at radius 3 is 2.55 bits per heavy atom. The minimum atomic E-state index is -4.80. The van der Waals surface area contributed by atoms with Gasteiger partial charge in [0.25, 0.3) is 5.91 Å². The molecule has 208 valence electrons. The second kappa shape index (κ2) is 10.7. The molecule has 5 N–H and O–H groups in total. The maximum absolute atomic E-state index is 13.8. The number of aromatic nitrogens is 2. The molecule has 1 aromatic heterocycles. The van der Waals surface area contributed by atoms with Crippen LogP contribution in [-0.4, -0.2) is 63.1 Å². The number of anilines is 1. The number of carbonyl (C=O) groups excluding carboxylic acids is 2. The summed E-state index contributed by atoms with van der Waals surface area (Å²) in [4.78, 5) is 24.9. The van der Waals surface area contributed by atoms with E-state index in [1.54, 1.807) is 6.07 Å². The van der Waals surface area contributed by atoms with Gasteiger partial charge in [-0.1, -0.05) is 13.8 Å². The molecule has 4 rings (SSSR count). The first-order chi connectivity index (χ1) is 17.8. The highest BCUT2D eigenvalue weighted by molar-refractivity contribution is 6.00. The van der Waals surface area contributed by atoms with E-state index in [0.717, 1.165) is 4.68 Å². The van der Waals surface area contributed by atoms with Crippen LogP contribution in [0.15, 0.2) is 18.2 Å². The van der Waals surface area contributed by atoms with Crippen LogP contribution in [0.4, 0.5) is 18.9 Å². The van der Waals surface area contributed by atoms with Crippen molar-refractivity contribution in [3.63, 3.8) is 0 Å². The molecule has 0 radical (unpaired) electrons. The lowest BCUT2D eigenvalue weighted by Gasteiger charge is -2.31. The zero-order chi connectivity index (χ0) is 27.8. The Hall–Kier alpha value is -2.96. The molecule has 1 aromatic carbocycles. The highest BCUT2D eigenvalue weighted by atomic mass is 19.4. The molecule has 0 saturated heterocycles. The normalized spacial score (nSPS) is 22.1. The third kappa shape index (κ3) is 6.02. The fourth-order valence-corrected chi connectivity index (χ4v) is 5.25. The van der Waals surface area contributed by atoms with Crippen LogP contribution in [0.5, 0.6) is 0 Å². The van der Waals surface area contributed by atoms with Gasteiger partial charge in [0.05, 0.1) is 41.8 Å². The lowest BCUT2D eigenvalue weighted by Crippen LogP contribution is -2.32. The number of hydrogen-bond acceptors (Lipinski definition) is 7. The SMILES string of the molecule is CC1(C)CC(=O)c2c(C(F)(F)F)nn(-c3ccc(C(N)=O)c(NC4CCC(OCC(O)CO)CC4)c3)c2C1. The number of primary amides is 1. The van der Waals surface area contributed by atoms with Crippen molar-refractivity contribution in [1.29, 1.82) is 0 Å². The number of carbonyl (C=O) groups is 2. The lowest BCUT2D eigenvalue weighted by atomic mass is 9.75. The molecule has 1 amide bonds. The first kappa shape index (κ1) is 28.1. The quantitative estimate of drug-likeness (QED) is 0.405. The largest absolute Gasteiger partial charge is 0.435 e. The van der Waals surface area contributed by atoms with E-state index in [4.69, 9.17) is 15.6 Å². The monoisotopic (exact) mass is 538 g/mol. The van der Waals surface area contributed by atoms with Crippen LogP contribution >= 0.6 is 0 Å². The fourth-order valence-electron chi connectivity index (χ4n) is 5.25. The second-order valence-electron chi connectivity index (χ2n) is 10.9. The summed E-state index contributed by atoms with van der Waals surface area (Å²) >= 11 is 0. The number of ketones is 1. The van der Waals surface area contributed by atoms with Gasteiger partial charge in [0.2, 0.25) is 0 Å². The highest BCUT2D eigenvalue weighted by Crippen LogP contribution is 2.42. The van der Waals surface area contributed by atoms with Gasteiger partial charge in [0.15, 0.2) is 11.5 Å². The van der Waals surface area contributed by atoms with Gasteiger partial charge >= 0.3 is 6.18 Å². The Bertz CT molecular complexity index is 1200. The molecule has 1 heterocycles. The standard InChI is InChI=1S/C26H33F3N4O5/c1-25(2)10-20-22(21(36)11-25)23(26(27,28)29)32-33(20)15-5-8-18(24(30)37)19(9-15)31-14-3-6-17(7-4-14)38-13-16(35)12-34/h5,8-9,14,16-17,31,34-35H,3-4,6-7,10-13H2,1-2H3,(H2,30,37). The lowest BCUT2D eigenvalue weighted by molar-refractivity contribution is -0.141. The summed E-state index contributed by atoms with van der Waals surface area (Å²) in [5, 5.41) is 25.6. The number of aliphatic hydroxyl groups excluding tert-OH is 2. The van der Waals surface area contributed by atoms with Crippen LogP contribution in [0.1, 0.15) is 78.1 Å². The van der Waals surface area contributed by atoms with E-state index in [0.29, 0.717) is 31.4 Å².